The van der Waals surface area contributed by atoms with E-state index in [1.165, 1.54) is 0 Å². The molecule has 1 aromatic rings. The molecule has 1 aliphatic rings. The van der Waals surface area contributed by atoms with Gasteiger partial charge in [0.1, 0.15) is 0 Å². The minimum absolute atomic E-state index is 0.0332. The molecule has 2 amide bonds. The van der Waals surface area contributed by atoms with Crippen molar-refractivity contribution in [3.63, 3.8) is 0 Å². The molecule has 1 aromatic carbocycles. The first-order valence-corrected chi connectivity index (χ1v) is 6.15. The number of fused-ring (bicyclic) bond motifs is 1. The number of hydrogen-bond acceptors (Lipinski definition) is 3. The summed E-state index contributed by atoms with van der Waals surface area (Å²) in [4.78, 5) is 22.6. The van der Waals surface area contributed by atoms with Gasteiger partial charge < -0.3 is 0 Å². The van der Waals surface area contributed by atoms with Crippen molar-refractivity contribution in [2.75, 3.05) is 5.75 Å². The van der Waals surface area contributed by atoms with Crippen molar-refractivity contribution in [3.8, 4) is 0 Å². The number of amides is 2. The molecule has 0 saturated heterocycles. The van der Waals surface area contributed by atoms with Gasteiger partial charge in [0.25, 0.3) is 11.8 Å². The predicted octanol–water partition coefficient (Wildman–Crippen LogP) is 3.47. The molecule has 0 saturated carbocycles. The molecule has 0 aromatic heterocycles. The van der Waals surface area contributed by atoms with Gasteiger partial charge in [-0.05, 0) is 12.1 Å². The molecule has 0 radical (unpaired) electrons. The Labute approximate surface area is 113 Å². The molecule has 0 unspecified atom stereocenters. The van der Waals surface area contributed by atoms with Crippen LogP contribution in [-0.2, 0) is 0 Å². The fourth-order valence-electron chi connectivity index (χ4n) is 1.51. The fraction of sp³-hybridized carbons (Fsp3) is 0.200. The Morgan fingerprint density at radius 3 is 2.42 bits per heavy atom. The topological polar surface area (TPSA) is 37.4 Å². The summed E-state index contributed by atoms with van der Waals surface area (Å²) in [6.45, 7) is 0. The molecule has 0 fully saturated rings. The van der Waals surface area contributed by atoms with E-state index in [0.29, 0.717) is 11.8 Å². The number of carbonyl (C=O) groups excluding carboxylic acids is 2. The van der Waals surface area contributed by atoms with Crippen LogP contribution in [0.5, 0.6) is 0 Å². The summed E-state index contributed by atoms with van der Waals surface area (Å²) in [5, 5.41) is -0.959. The summed E-state index contributed by atoms with van der Waals surface area (Å²) in [5.41, 5.74) is -0.657. The van der Waals surface area contributed by atoms with E-state index < -0.39 is 34.4 Å². The molecule has 1 heterocycles. The highest BCUT2D eigenvalue weighted by Gasteiger charge is 2.39. The lowest BCUT2D eigenvalue weighted by Crippen LogP contribution is -2.19. The predicted molar refractivity (Wildman–Crippen MR) is 59.8 cm³/mol. The van der Waals surface area contributed by atoms with E-state index in [4.69, 9.17) is 11.6 Å². The second kappa shape index (κ2) is 4.68. The quantitative estimate of drug-likeness (QED) is 0.363. The van der Waals surface area contributed by atoms with E-state index >= 15 is 0 Å². The summed E-state index contributed by atoms with van der Waals surface area (Å²) in [6, 6.07) is 2.24. The fourth-order valence-corrected chi connectivity index (χ4v) is 2.63. The van der Waals surface area contributed by atoms with Crippen molar-refractivity contribution in [1.82, 2.24) is 5.12 Å². The van der Waals surface area contributed by atoms with Crippen LogP contribution in [0.15, 0.2) is 17.0 Å². The van der Waals surface area contributed by atoms with E-state index in [1.54, 1.807) is 0 Å². The monoisotopic (exact) mass is 313 g/mol. The first-order valence-electron chi connectivity index (χ1n) is 4.79. The standard InChI is InChI=1S/C10H4ClF4NO2S/c11-7-5(19-3-10(12,13)14)2-1-4-6(7)9(18)16(15)8(4)17/h1-2H,3H2. The van der Waals surface area contributed by atoms with Gasteiger partial charge in [-0.15, -0.1) is 16.9 Å². The van der Waals surface area contributed by atoms with Gasteiger partial charge in [0.2, 0.25) is 0 Å². The third-order valence-electron chi connectivity index (χ3n) is 2.30. The van der Waals surface area contributed by atoms with Crippen molar-refractivity contribution in [2.24, 2.45) is 0 Å². The molecular weight excluding hydrogens is 310 g/mol. The van der Waals surface area contributed by atoms with Crippen molar-refractivity contribution in [3.05, 3.63) is 28.3 Å². The summed E-state index contributed by atoms with van der Waals surface area (Å²) < 4.78 is 49.4. The maximum atomic E-state index is 13.1. The molecular formula is C10H4ClF4NO2S. The molecule has 0 aliphatic carbocycles. The minimum Gasteiger partial charge on any atom is -0.266 e. The Hall–Kier alpha value is -1.28. The zero-order valence-electron chi connectivity index (χ0n) is 8.92. The van der Waals surface area contributed by atoms with Gasteiger partial charge in [0.05, 0.1) is 21.9 Å². The average molecular weight is 314 g/mol. The zero-order valence-corrected chi connectivity index (χ0v) is 10.5. The number of benzene rings is 1. The highest BCUT2D eigenvalue weighted by atomic mass is 35.5. The van der Waals surface area contributed by atoms with E-state index in [1.807, 2.05) is 0 Å². The molecule has 0 bridgehead atoms. The lowest BCUT2D eigenvalue weighted by molar-refractivity contribution is -0.105. The van der Waals surface area contributed by atoms with Crippen molar-refractivity contribution < 1.29 is 27.2 Å². The summed E-state index contributed by atoms with van der Waals surface area (Å²) >= 11 is 6.12. The lowest BCUT2D eigenvalue weighted by atomic mass is 10.1. The van der Waals surface area contributed by atoms with Gasteiger partial charge in [-0.3, -0.25) is 9.59 Å². The minimum atomic E-state index is -4.40. The lowest BCUT2D eigenvalue weighted by Gasteiger charge is -2.08. The summed E-state index contributed by atoms with van der Waals surface area (Å²) in [6.07, 6.45) is -4.40. The number of hydrogen-bond donors (Lipinski definition) is 0. The van der Waals surface area contributed by atoms with Crippen LogP contribution in [0.4, 0.5) is 17.7 Å². The summed E-state index contributed by atoms with van der Waals surface area (Å²) in [5.74, 6) is -3.64. The Balaban J connectivity index is 2.37. The number of rotatable bonds is 2. The number of halogens is 5. The normalized spacial score (nSPS) is 15.1. The van der Waals surface area contributed by atoms with Crippen LogP contribution in [0.2, 0.25) is 5.02 Å². The van der Waals surface area contributed by atoms with Gasteiger partial charge in [-0.1, -0.05) is 16.1 Å². The molecule has 3 nitrogen and oxygen atoms in total. The molecule has 0 N–H and O–H groups in total. The van der Waals surface area contributed by atoms with Crippen molar-refractivity contribution in [1.29, 1.82) is 0 Å². The smallest absolute Gasteiger partial charge is 0.266 e. The highest BCUT2D eigenvalue weighted by molar-refractivity contribution is 7.99. The average Bonchev–Trinajstić information content (AvgIpc) is 2.53. The second-order valence-electron chi connectivity index (χ2n) is 3.60. The Bertz CT molecular complexity index is 575. The second-order valence-corrected chi connectivity index (χ2v) is 4.99. The summed E-state index contributed by atoms with van der Waals surface area (Å²) in [7, 11) is 0. The maximum absolute atomic E-state index is 13.1. The number of nitrogens with zero attached hydrogens (tertiary/aromatic N) is 1. The number of imide groups is 1. The van der Waals surface area contributed by atoms with Crippen LogP contribution in [0.25, 0.3) is 0 Å². The third-order valence-corrected chi connectivity index (χ3v) is 3.93. The van der Waals surface area contributed by atoms with Crippen LogP contribution in [0, 0.1) is 0 Å². The molecule has 102 valence electrons. The van der Waals surface area contributed by atoms with Gasteiger partial charge in [-0.25, -0.2) is 0 Å². The van der Waals surface area contributed by atoms with E-state index in [-0.39, 0.29) is 15.5 Å². The largest absolute Gasteiger partial charge is 0.398 e. The molecule has 0 spiro atoms. The van der Waals surface area contributed by atoms with Gasteiger partial charge >= 0.3 is 6.18 Å². The first kappa shape index (κ1) is 14.1. The number of thioether (sulfide) groups is 1. The molecule has 2 rings (SSSR count). The van der Waals surface area contributed by atoms with Gasteiger partial charge in [0, 0.05) is 4.90 Å². The van der Waals surface area contributed by atoms with E-state index in [9.17, 15) is 27.2 Å². The van der Waals surface area contributed by atoms with Crippen molar-refractivity contribution in [2.45, 2.75) is 11.1 Å². The Morgan fingerprint density at radius 1 is 1.21 bits per heavy atom. The van der Waals surface area contributed by atoms with Crippen LogP contribution in [0.3, 0.4) is 0 Å². The Morgan fingerprint density at radius 2 is 1.84 bits per heavy atom. The SMILES string of the molecule is O=C1c2ccc(SCC(F)(F)F)c(Cl)c2C(=O)N1F. The Kier molecular flexibility index (Phi) is 3.48. The third kappa shape index (κ3) is 2.55. The molecule has 19 heavy (non-hydrogen) atoms. The van der Waals surface area contributed by atoms with Crippen LogP contribution >= 0.6 is 23.4 Å². The van der Waals surface area contributed by atoms with Crippen LogP contribution in [0.1, 0.15) is 20.7 Å². The maximum Gasteiger partial charge on any atom is 0.398 e. The molecule has 9 heteroatoms. The molecule has 0 atom stereocenters. The van der Waals surface area contributed by atoms with Crippen molar-refractivity contribution >= 4 is 35.2 Å². The van der Waals surface area contributed by atoms with E-state index in [2.05, 4.69) is 0 Å². The zero-order chi connectivity index (χ0) is 14.4. The van der Waals surface area contributed by atoms with E-state index in [0.717, 1.165) is 12.1 Å². The molecule has 1 aliphatic heterocycles. The first-order chi connectivity index (χ1) is 8.72. The van der Waals surface area contributed by atoms with Crippen LogP contribution < -0.4 is 0 Å². The van der Waals surface area contributed by atoms with Crippen LogP contribution in [-0.4, -0.2) is 28.9 Å². The van der Waals surface area contributed by atoms with Gasteiger partial charge in [-0.2, -0.15) is 13.2 Å². The highest BCUT2D eigenvalue weighted by Crippen LogP contribution is 2.38. The van der Waals surface area contributed by atoms with Gasteiger partial charge in [0.15, 0.2) is 0 Å². The number of carbonyl (C=O) groups is 2. The number of alkyl halides is 3.